The van der Waals surface area contributed by atoms with Crippen molar-refractivity contribution in [1.82, 2.24) is 9.55 Å². The van der Waals surface area contributed by atoms with Gasteiger partial charge in [-0.25, -0.2) is 4.98 Å². The van der Waals surface area contributed by atoms with Crippen LogP contribution in [0, 0.1) is 6.92 Å². The van der Waals surface area contributed by atoms with Crippen LogP contribution in [-0.2, 0) is 4.79 Å². The second-order valence-corrected chi connectivity index (χ2v) is 3.91. The van der Waals surface area contributed by atoms with Gasteiger partial charge in [0.15, 0.2) is 0 Å². The Bertz CT molecular complexity index is 575. The number of carbonyl (C=O) groups is 1. The number of carbonyl (C=O) groups excluding carboxylic acids is 1. The molecule has 0 aliphatic carbocycles. The van der Waals surface area contributed by atoms with Crippen molar-refractivity contribution in [3.05, 3.63) is 36.4 Å². The summed E-state index contributed by atoms with van der Waals surface area (Å²) in [5.74, 6) is 1.38. The van der Waals surface area contributed by atoms with Gasteiger partial charge in [0.1, 0.15) is 11.6 Å². The van der Waals surface area contributed by atoms with E-state index in [1.54, 1.807) is 13.3 Å². The summed E-state index contributed by atoms with van der Waals surface area (Å²) in [6, 6.07) is 5.59. The molecule has 5 nitrogen and oxygen atoms in total. The van der Waals surface area contributed by atoms with Crippen molar-refractivity contribution < 1.29 is 9.53 Å². The minimum Gasteiger partial charge on any atom is -0.495 e. The fraction of sp³-hybridized carbons (Fsp3) is 0.231. The second-order valence-electron chi connectivity index (χ2n) is 3.91. The summed E-state index contributed by atoms with van der Waals surface area (Å²) in [5, 5.41) is 2.75. The average molecular weight is 245 g/mol. The van der Waals surface area contributed by atoms with Crippen molar-refractivity contribution >= 4 is 11.6 Å². The topological polar surface area (TPSA) is 56.1 Å². The van der Waals surface area contributed by atoms with Crippen molar-refractivity contribution in [2.75, 3.05) is 12.4 Å². The molecule has 0 fully saturated rings. The summed E-state index contributed by atoms with van der Waals surface area (Å²) in [6.07, 6.45) is 3.60. The summed E-state index contributed by atoms with van der Waals surface area (Å²) >= 11 is 0. The minimum absolute atomic E-state index is 0.132. The number of rotatable bonds is 3. The van der Waals surface area contributed by atoms with E-state index in [9.17, 15) is 4.79 Å². The molecular weight excluding hydrogens is 230 g/mol. The second kappa shape index (κ2) is 4.91. The van der Waals surface area contributed by atoms with E-state index in [0.717, 1.165) is 11.5 Å². The van der Waals surface area contributed by atoms with E-state index in [2.05, 4.69) is 10.3 Å². The van der Waals surface area contributed by atoms with Crippen LogP contribution in [-0.4, -0.2) is 22.6 Å². The number of nitrogens with zero attached hydrogens (tertiary/aromatic N) is 2. The number of amides is 1. The van der Waals surface area contributed by atoms with E-state index in [1.165, 1.54) is 6.92 Å². The van der Waals surface area contributed by atoms with Crippen LogP contribution in [0.3, 0.4) is 0 Å². The fourth-order valence-electron chi connectivity index (χ4n) is 1.78. The number of hydrogen-bond donors (Lipinski definition) is 1. The highest BCUT2D eigenvalue weighted by molar-refractivity contribution is 5.90. The van der Waals surface area contributed by atoms with E-state index < -0.39 is 0 Å². The zero-order valence-corrected chi connectivity index (χ0v) is 10.6. The van der Waals surface area contributed by atoms with Gasteiger partial charge in [-0.1, -0.05) is 0 Å². The first-order valence-corrected chi connectivity index (χ1v) is 5.58. The molecule has 1 N–H and O–H groups in total. The minimum atomic E-state index is -0.132. The van der Waals surface area contributed by atoms with Crippen LogP contribution >= 0.6 is 0 Å². The molecule has 0 saturated heterocycles. The zero-order valence-electron chi connectivity index (χ0n) is 10.6. The maximum Gasteiger partial charge on any atom is 0.221 e. The Kier molecular flexibility index (Phi) is 3.32. The highest BCUT2D eigenvalue weighted by Crippen LogP contribution is 2.27. The predicted octanol–water partition coefficient (Wildman–Crippen LogP) is 2.15. The summed E-state index contributed by atoms with van der Waals surface area (Å²) in [6.45, 7) is 3.39. The Hall–Kier alpha value is -2.30. The van der Waals surface area contributed by atoms with Gasteiger partial charge in [0.2, 0.25) is 5.91 Å². The van der Waals surface area contributed by atoms with Gasteiger partial charge in [0.25, 0.3) is 0 Å². The van der Waals surface area contributed by atoms with Crippen molar-refractivity contribution in [3.63, 3.8) is 0 Å². The number of ether oxygens (including phenoxy) is 1. The third-order valence-electron chi connectivity index (χ3n) is 2.60. The molecule has 1 aromatic carbocycles. The fourth-order valence-corrected chi connectivity index (χ4v) is 1.78. The van der Waals surface area contributed by atoms with Crippen LogP contribution in [0.15, 0.2) is 30.6 Å². The molecule has 0 atom stereocenters. The lowest BCUT2D eigenvalue weighted by Gasteiger charge is -2.12. The van der Waals surface area contributed by atoms with E-state index in [0.29, 0.717) is 11.4 Å². The molecule has 1 heterocycles. The molecule has 94 valence electrons. The van der Waals surface area contributed by atoms with E-state index in [1.807, 2.05) is 35.9 Å². The van der Waals surface area contributed by atoms with Gasteiger partial charge in [-0.2, -0.15) is 0 Å². The van der Waals surface area contributed by atoms with Crippen molar-refractivity contribution in [1.29, 1.82) is 0 Å². The molecule has 2 rings (SSSR count). The third-order valence-corrected chi connectivity index (χ3v) is 2.60. The van der Waals surface area contributed by atoms with Crippen LogP contribution in [0.2, 0.25) is 0 Å². The van der Waals surface area contributed by atoms with Crippen molar-refractivity contribution in [2.24, 2.45) is 0 Å². The quantitative estimate of drug-likeness (QED) is 0.901. The number of methoxy groups -OCH3 is 1. The number of aromatic nitrogens is 2. The average Bonchev–Trinajstić information content (AvgIpc) is 2.74. The normalized spacial score (nSPS) is 10.2. The molecule has 0 radical (unpaired) electrons. The van der Waals surface area contributed by atoms with Gasteiger partial charge >= 0.3 is 0 Å². The third kappa shape index (κ3) is 2.34. The highest BCUT2D eigenvalue weighted by Gasteiger charge is 2.08. The Balaban J connectivity index is 2.45. The Morgan fingerprint density at radius 3 is 2.78 bits per heavy atom. The zero-order chi connectivity index (χ0) is 13.1. The predicted molar refractivity (Wildman–Crippen MR) is 69.2 cm³/mol. The molecule has 0 saturated carbocycles. The van der Waals surface area contributed by atoms with Crippen LogP contribution in [0.5, 0.6) is 5.75 Å². The van der Waals surface area contributed by atoms with Gasteiger partial charge in [-0.15, -0.1) is 0 Å². The van der Waals surface area contributed by atoms with Crippen LogP contribution in [0.4, 0.5) is 5.69 Å². The number of imidazole rings is 1. The molecule has 1 aromatic heterocycles. The highest BCUT2D eigenvalue weighted by atomic mass is 16.5. The van der Waals surface area contributed by atoms with Crippen LogP contribution in [0.25, 0.3) is 5.69 Å². The molecule has 0 unspecified atom stereocenters. The lowest BCUT2D eigenvalue weighted by molar-refractivity contribution is -0.114. The first-order chi connectivity index (χ1) is 8.61. The largest absolute Gasteiger partial charge is 0.495 e. The number of nitrogens with one attached hydrogen (secondary N) is 1. The maximum absolute atomic E-state index is 11.2. The summed E-state index contributed by atoms with van der Waals surface area (Å²) in [5.41, 5.74) is 1.57. The molecule has 0 aliphatic rings. The molecule has 0 aliphatic heterocycles. The van der Waals surface area contributed by atoms with Gasteiger partial charge in [0.05, 0.1) is 12.8 Å². The van der Waals surface area contributed by atoms with Gasteiger partial charge in [0, 0.05) is 25.0 Å². The maximum atomic E-state index is 11.2. The molecule has 0 spiro atoms. The SMILES string of the molecule is COc1ccc(-n2ccnc2C)cc1NC(C)=O. The first-order valence-electron chi connectivity index (χ1n) is 5.58. The monoisotopic (exact) mass is 245 g/mol. The molecule has 2 aromatic rings. The standard InChI is InChI=1S/C13H15N3O2/c1-9-14-6-7-16(9)11-4-5-13(18-3)12(8-11)15-10(2)17/h4-8H,1-3H3,(H,15,17). The van der Waals surface area contributed by atoms with Crippen molar-refractivity contribution in [3.8, 4) is 11.4 Å². The van der Waals surface area contributed by atoms with Gasteiger partial charge in [-0.3, -0.25) is 4.79 Å². The van der Waals surface area contributed by atoms with Crippen molar-refractivity contribution in [2.45, 2.75) is 13.8 Å². The van der Waals surface area contributed by atoms with E-state index >= 15 is 0 Å². The number of aryl methyl sites for hydroxylation is 1. The van der Waals surface area contributed by atoms with Crippen LogP contribution in [0.1, 0.15) is 12.7 Å². The lowest BCUT2D eigenvalue weighted by Crippen LogP contribution is -2.08. The molecule has 18 heavy (non-hydrogen) atoms. The van der Waals surface area contributed by atoms with E-state index in [4.69, 9.17) is 4.74 Å². The Morgan fingerprint density at radius 2 is 2.22 bits per heavy atom. The molecule has 1 amide bonds. The summed E-state index contributed by atoms with van der Waals surface area (Å²) in [4.78, 5) is 15.3. The first kappa shape index (κ1) is 12.2. The lowest BCUT2D eigenvalue weighted by atomic mass is 10.2. The summed E-state index contributed by atoms with van der Waals surface area (Å²) in [7, 11) is 1.57. The van der Waals surface area contributed by atoms with Gasteiger partial charge < -0.3 is 14.6 Å². The van der Waals surface area contributed by atoms with Gasteiger partial charge in [-0.05, 0) is 25.1 Å². The smallest absolute Gasteiger partial charge is 0.221 e. The summed E-state index contributed by atoms with van der Waals surface area (Å²) < 4.78 is 7.14. The Labute approximate surface area is 105 Å². The van der Waals surface area contributed by atoms with Crippen LogP contribution < -0.4 is 10.1 Å². The number of hydrogen-bond acceptors (Lipinski definition) is 3. The molecular formula is C13H15N3O2. The number of benzene rings is 1. The molecule has 0 bridgehead atoms. The number of anilines is 1. The Morgan fingerprint density at radius 1 is 1.44 bits per heavy atom. The van der Waals surface area contributed by atoms with E-state index in [-0.39, 0.29) is 5.91 Å². The molecule has 5 heteroatoms.